The molecular weight excluding hydrogens is 239 g/mol. The normalized spacial score (nSPS) is 10.4. The zero-order chi connectivity index (χ0) is 13.5. The third kappa shape index (κ3) is 3.40. The van der Waals surface area contributed by atoms with Gasteiger partial charge < -0.3 is 15.1 Å². The van der Waals surface area contributed by atoms with Gasteiger partial charge >= 0.3 is 5.97 Å². The lowest BCUT2D eigenvalue weighted by Gasteiger charge is -2.23. The van der Waals surface area contributed by atoms with Gasteiger partial charge in [-0.25, -0.2) is 14.2 Å². The predicted molar refractivity (Wildman–Crippen MR) is 65.4 cm³/mol. The van der Waals surface area contributed by atoms with Gasteiger partial charge in [-0.05, 0) is 12.5 Å². The van der Waals surface area contributed by atoms with Crippen LogP contribution >= 0.6 is 0 Å². The Hall–Kier alpha value is -1.69. The second kappa shape index (κ2) is 6.90. The molecule has 0 saturated carbocycles. The second-order valence-electron chi connectivity index (χ2n) is 3.87. The van der Waals surface area contributed by atoms with Crippen LogP contribution in [0.3, 0.4) is 0 Å². The number of aliphatic hydroxyl groups excluding tert-OH is 1. The van der Waals surface area contributed by atoms with Crippen LogP contribution in [0.15, 0.2) is 12.3 Å². The highest BCUT2D eigenvalue weighted by atomic mass is 19.1. The molecule has 1 heterocycles. The summed E-state index contributed by atoms with van der Waals surface area (Å²) in [5.74, 6) is -2.19. The van der Waals surface area contributed by atoms with Crippen LogP contribution in [0, 0.1) is 5.82 Å². The lowest BCUT2D eigenvalue weighted by atomic mass is 10.2. The minimum atomic E-state index is -1.32. The molecule has 0 aliphatic rings. The van der Waals surface area contributed by atoms with Crippen molar-refractivity contribution in [2.24, 2.45) is 0 Å². The minimum Gasteiger partial charge on any atom is -0.478 e. The predicted octanol–water partition coefficient (Wildman–Crippen LogP) is 1.52. The van der Waals surface area contributed by atoms with Gasteiger partial charge in [0.05, 0.1) is 6.61 Å². The molecule has 0 aliphatic carbocycles. The van der Waals surface area contributed by atoms with E-state index >= 15 is 0 Å². The van der Waals surface area contributed by atoms with Gasteiger partial charge in [0.25, 0.3) is 0 Å². The molecule has 100 valence electrons. The second-order valence-corrected chi connectivity index (χ2v) is 3.87. The average Bonchev–Trinajstić information content (AvgIpc) is 2.34. The third-order valence-corrected chi connectivity index (χ3v) is 2.55. The summed E-state index contributed by atoms with van der Waals surface area (Å²) in [5.41, 5.74) is -0.403. The molecule has 0 fully saturated rings. The van der Waals surface area contributed by atoms with E-state index in [0.717, 1.165) is 18.9 Å². The molecule has 0 atom stereocenters. The fourth-order valence-electron chi connectivity index (χ4n) is 1.61. The van der Waals surface area contributed by atoms with Crippen molar-refractivity contribution >= 4 is 11.8 Å². The Morgan fingerprint density at radius 1 is 1.50 bits per heavy atom. The van der Waals surface area contributed by atoms with E-state index in [1.165, 1.54) is 6.20 Å². The van der Waals surface area contributed by atoms with Crippen molar-refractivity contribution in [2.75, 3.05) is 24.6 Å². The SMILES string of the molecule is CCCCN(CCO)c1nccc(C(=O)O)c1F. The van der Waals surface area contributed by atoms with Gasteiger partial charge in [-0.1, -0.05) is 13.3 Å². The fraction of sp³-hybridized carbons (Fsp3) is 0.500. The number of hydrogen-bond acceptors (Lipinski definition) is 4. The Balaban J connectivity index is 3.03. The van der Waals surface area contributed by atoms with E-state index < -0.39 is 17.3 Å². The number of aliphatic hydroxyl groups is 1. The lowest BCUT2D eigenvalue weighted by Crippen LogP contribution is -2.30. The maximum atomic E-state index is 14.0. The summed E-state index contributed by atoms with van der Waals surface area (Å²) < 4.78 is 14.0. The van der Waals surface area contributed by atoms with Gasteiger partial charge in [-0.15, -0.1) is 0 Å². The van der Waals surface area contributed by atoms with E-state index in [1.807, 2.05) is 6.92 Å². The van der Waals surface area contributed by atoms with Crippen molar-refractivity contribution in [3.05, 3.63) is 23.6 Å². The number of anilines is 1. The molecule has 18 heavy (non-hydrogen) atoms. The van der Waals surface area contributed by atoms with E-state index in [9.17, 15) is 9.18 Å². The summed E-state index contributed by atoms with van der Waals surface area (Å²) in [6.45, 7) is 2.62. The van der Waals surface area contributed by atoms with Gasteiger partial charge in [0, 0.05) is 19.3 Å². The molecule has 0 saturated heterocycles. The third-order valence-electron chi connectivity index (χ3n) is 2.55. The van der Waals surface area contributed by atoms with Gasteiger partial charge in [0.15, 0.2) is 11.6 Å². The highest BCUT2D eigenvalue weighted by Gasteiger charge is 2.19. The first kappa shape index (κ1) is 14.4. The fourth-order valence-corrected chi connectivity index (χ4v) is 1.61. The Kier molecular flexibility index (Phi) is 5.51. The lowest BCUT2D eigenvalue weighted by molar-refractivity contribution is 0.0691. The number of unbranched alkanes of at least 4 members (excludes halogenated alkanes) is 1. The number of aromatic carboxylic acids is 1. The van der Waals surface area contributed by atoms with Crippen molar-refractivity contribution in [1.82, 2.24) is 4.98 Å². The average molecular weight is 256 g/mol. The number of aromatic nitrogens is 1. The van der Waals surface area contributed by atoms with Crippen molar-refractivity contribution < 1.29 is 19.4 Å². The van der Waals surface area contributed by atoms with Crippen molar-refractivity contribution in [1.29, 1.82) is 0 Å². The number of carboxylic acids is 1. The molecule has 0 aliphatic heterocycles. The molecule has 5 nitrogen and oxygen atoms in total. The highest BCUT2D eigenvalue weighted by Crippen LogP contribution is 2.19. The molecule has 2 N–H and O–H groups in total. The zero-order valence-electron chi connectivity index (χ0n) is 10.3. The Morgan fingerprint density at radius 2 is 2.22 bits per heavy atom. The van der Waals surface area contributed by atoms with Crippen LogP contribution in [0.2, 0.25) is 0 Å². The van der Waals surface area contributed by atoms with E-state index in [2.05, 4.69) is 4.98 Å². The van der Waals surface area contributed by atoms with Crippen LogP contribution < -0.4 is 4.90 Å². The van der Waals surface area contributed by atoms with E-state index in [1.54, 1.807) is 4.90 Å². The van der Waals surface area contributed by atoms with Crippen LogP contribution in [0.1, 0.15) is 30.1 Å². The highest BCUT2D eigenvalue weighted by molar-refractivity contribution is 5.88. The van der Waals surface area contributed by atoms with Gasteiger partial charge in [-0.2, -0.15) is 0 Å². The molecular formula is C12H17FN2O3. The summed E-state index contributed by atoms with van der Waals surface area (Å²) in [5, 5.41) is 17.8. The van der Waals surface area contributed by atoms with Gasteiger partial charge in [0.2, 0.25) is 0 Å². The molecule has 0 amide bonds. The van der Waals surface area contributed by atoms with Crippen molar-refractivity contribution in [2.45, 2.75) is 19.8 Å². The number of nitrogens with zero attached hydrogens (tertiary/aromatic N) is 2. The molecule has 0 bridgehead atoms. The number of pyridine rings is 1. The molecule has 0 radical (unpaired) electrons. The van der Waals surface area contributed by atoms with E-state index in [4.69, 9.17) is 10.2 Å². The molecule has 1 rings (SSSR count). The summed E-state index contributed by atoms with van der Waals surface area (Å²) in [6.07, 6.45) is 3.00. The van der Waals surface area contributed by atoms with E-state index in [-0.39, 0.29) is 19.0 Å². The molecule has 0 aromatic carbocycles. The van der Waals surface area contributed by atoms with Crippen molar-refractivity contribution in [3.8, 4) is 0 Å². The number of hydrogen-bond donors (Lipinski definition) is 2. The monoisotopic (exact) mass is 256 g/mol. The van der Waals surface area contributed by atoms with Crippen LogP contribution in [-0.4, -0.2) is 40.9 Å². The number of carbonyl (C=O) groups is 1. The zero-order valence-corrected chi connectivity index (χ0v) is 10.3. The summed E-state index contributed by atoms with van der Waals surface area (Å²) >= 11 is 0. The number of halogens is 1. The maximum absolute atomic E-state index is 14.0. The standard InChI is InChI=1S/C12H17FN2O3/c1-2-3-6-15(7-8-16)11-10(13)9(12(17)18)4-5-14-11/h4-5,16H,2-3,6-8H2,1H3,(H,17,18). The minimum absolute atomic E-state index is 0.0163. The van der Waals surface area contributed by atoms with Gasteiger partial charge in [-0.3, -0.25) is 0 Å². The number of rotatable bonds is 7. The van der Waals surface area contributed by atoms with Crippen molar-refractivity contribution in [3.63, 3.8) is 0 Å². The largest absolute Gasteiger partial charge is 0.478 e. The molecule has 1 aromatic rings. The summed E-state index contributed by atoms with van der Waals surface area (Å²) in [6, 6.07) is 1.12. The first-order valence-corrected chi connectivity index (χ1v) is 5.85. The van der Waals surface area contributed by atoms with Crippen LogP contribution in [-0.2, 0) is 0 Å². The Labute approximate surface area is 105 Å². The molecule has 0 spiro atoms. The topological polar surface area (TPSA) is 73.7 Å². The summed E-state index contributed by atoms with van der Waals surface area (Å²) in [4.78, 5) is 16.3. The quantitative estimate of drug-likeness (QED) is 0.773. The van der Waals surface area contributed by atoms with Crippen LogP contribution in [0.5, 0.6) is 0 Å². The van der Waals surface area contributed by atoms with E-state index in [0.29, 0.717) is 6.54 Å². The smallest absolute Gasteiger partial charge is 0.338 e. The Morgan fingerprint density at radius 3 is 2.78 bits per heavy atom. The van der Waals surface area contributed by atoms with Crippen LogP contribution in [0.25, 0.3) is 0 Å². The summed E-state index contributed by atoms with van der Waals surface area (Å²) in [7, 11) is 0. The molecule has 0 unspecified atom stereocenters. The Bertz CT molecular complexity index is 412. The molecule has 6 heteroatoms. The number of carboxylic acid groups (broad SMARTS) is 1. The first-order chi connectivity index (χ1) is 8.61. The van der Waals surface area contributed by atoms with Gasteiger partial charge in [0.1, 0.15) is 5.56 Å². The molecule has 1 aromatic heterocycles. The first-order valence-electron chi connectivity index (χ1n) is 5.85. The maximum Gasteiger partial charge on any atom is 0.338 e. The van der Waals surface area contributed by atoms with Crippen LogP contribution in [0.4, 0.5) is 10.2 Å².